The Hall–Kier alpha value is -3.05. The molecule has 1 saturated heterocycles. The maximum Gasteiger partial charge on any atom is 0.410 e. The number of nitrogens with zero attached hydrogens (tertiary/aromatic N) is 2. The van der Waals surface area contributed by atoms with Crippen LogP contribution in [0.5, 0.6) is 5.75 Å². The number of carbonyl (C=O) groups excluding carboxylic acids is 1. The van der Waals surface area contributed by atoms with Crippen LogP contribution in [-0.2, 0) is 4.74 Å². The third kappa shape index (κ3) is 8.59. The van der Waals surface area contributed by atoms with Gasteiger partial charge >= 0.3 is 12.1 Å². The van der Waals surface area contributed by atoms with Crippen LogP contribution in [0.1, 0.15) is 51.9 Å². The lowest BCUT2D eigenvalue weighted by atomic mass is 10.2. The molecule has 2 heterocycles. The first-order chi connectivity index (χ1) is 16.3. The van der Waals surface area contributed by atoms with Gasteiger partial charge in [-0.15, -0.1) is 0 Å². The summed E-state index contributed by atoms with van der Waals surface area (Å²) in [7, 11) is 0. The number of halogens is 1. The van der Waals surface area contributed by atoms with Gasteiger partial charge in [0.05, 0.1) is 6.04 Å². The van der Waals surface area contributed by atoms with Gasteiger partial charge in [-0.1, -0.05) is 11.6 Å². The van der Waals surface area contributed by atoms with Gasteiger partial charge in [-0.25, -0.2) is 14.6 Å². The molecule has 11 nitrogen and oxygen atoms in total. The maximum atomic E-state index is 12.4. The van der Waals surface area contributed by atoms with E-state index in [-0.39, 0.29) is 41.0 Å². The number of amides is 1. The Balaban J connectivity index is 2.23. The third-order valence-electron chi connectivity index (χ3n) is 4.80. The zero-order valence-electron chi connectivity index (χ0n) is 21.0. The number of ether oxygens (including phenoxy) is 2. The highest BCUT2D eigenvalue weighted by molar-refractivity contribution is 6.29. The third-order valence-corrected chi connectivity index (χ3v) is 4.99. The number of hydrogen-bond donors (Lipinski definition) is 5. The van der Waals surface area contributed by atoms with Crippen molar-refractivity contribution in [2.24, 2.45) is 0 Å². The van der Waals surface area contributed by atoms with E-state index in [2.05, 4.69) is 20.9 Å². The number of carboxylic acid groups (broad SMARTS) is 1. The van der Waals surface area contributed by atoms with Gasteiger partial charge in [-0.3, -0.25) is 0 Å². The van der Waals surface area contributed by atoms with Crippen molar-refractivity contribution in [2.45, 2.75) is 59.2 Å². The Morgan fingerprint density at radius 3 is 2.69 bits per heavy atom. The average Bonchev–Trinajstić information content (AvgIpc) is 2.74. The van der Waals surface area contributed by atoms with Gasteiger partial charge in [-0.2, -0.15) is 0 Å². The fraction of sp³-hybridized carbons (Fsp3) is 0.565. The Labute approximate surface area is 210 Å². The predicted octanol–water partition coefficient (Wildman–Crippen LogP) is 3.31. The summed E-state index contributed by atoms with van der Waals surface area (Å²) in [6.07, 6.45) is 0.734. The molecule has 5 N–H and O–H groups in total. The molecule has 12 heteroatoms. The number of carbonyl (C=O) groups is 2. The van der Waals surface area contributed by atoms with Crippen molar-refractivity contribution in [3.63, 3.8) is 0 Å². The van der Waals surface area contributed by atoms with E-state index in [9.17, 15) is 14.7 Å². The summed E-state index contributed by atoms with van der Waals surface area (Å²) in [5.41, 5.74) is -0.252. The minimum absolute atomic E-state index is 0.0147. The molecule has 0 unspecified atom stereocenters. The van der Waals surface area contributed by atoms with E-state index in [4.69, 9.17) is 26.5 Å². The lowest BCUT2D eigenvalue weighted by Crippen LogP contribution is -2.55. The molecule has 1 fully saturated rings. The predicted molar refractivity (Wildman–Crippen MR) is 135 cm³/mol. The van der Waals surface area contributed by atoms with E-state index in [1.165, 1.54) is 6.07 Å². The van der Waals surface area contributed by atoms with Crippen molar-refractivity contribution in [3.05, 3.63) is 28.2 Å². The number of anilines is 1. The van der Waals surface area contributed by atoms with Crippen molar-refractivity contribution in [3.8, 4) is 5.75 Å². The molecule has 1 aromatic heterocycles. The summed E-state index contributed by atoms with van der Waals surface area (Å²) >= 11 is 6.19. The van der Waals surface area contributed by atoms with E-state index in [0.717, 1.165) is 6.21 Å². The van der Waals surface area contributed by atoms with Crippen molar-refractivity contribution >= 4 is 35.7 Å². The normalized spacial score (nSPS) is 16.9. The van der Waals surface area contributed by atoms with Crippen LogP contribution in [0.2, 0.25) is 5.15 Å². The molecular formula is C23H35ClN6O5. The number of rotatable bonds is 9. The molecule has 2 rings (SSSR count). The van der Waals surface area contributed by atoms with Crippen molar-refractivity contribution < 1.29 is 24.2 Å². The van der Waals surface area contributed by atoms with Gasteiger partial charge < -0.3 is 40.8 Å². The minimum Gasteiger partial charge on any atom is -0.491 e. The fourth-order valence-corrected chi connectivity index (χ4v) is 3.43. The number of aromatic nitrogens is 1. The van der Waals surface area contributed by atoms with E-state index >= 15 is 0 Å². The van der Waals surface area contributed by atoms with Crippen LogP contribution in [0.25, 0.3) is 0 Å². The molecule has 0 radical (unpaired) electrons. The largest absolute Gasteiger partial charge is 0.491 e. The number of carboxylic acids is 1. The van der Waals surface area contributed by atoms with Crippen LogP contribution < -0.4 is 20.7 Å². The Bertz CT molecular complexity index is 976. The Kier molecular flexibility index (Phi) is 9.73. The molecule has 1 amide bonds. The van der Waals surface area contributed by atoms with Crippen molar-refractivity contribution in [2.75, 3.05) is 31.6 Å². The van der Waals surface area contributed by atoms with Crippen LogP contribution in [0.3, 0.4) is 0 Å². The quantitative estimate of drug-likeness (QED) is 0.249. The molecule has 0 bridgehead atoms. The van der Waals surface area contributed by atoms with Crippen molar-refractivity contribution in [1.29, 1.82) is 5.41 Å². The topological polar surface area (TPSA) is 149 Å². The summed E-state index contributed by atoms with van der Waals surface area (Å²) in [4.78, 5) is 30.3. The SMILES string of the molecule is C/C(C=N)=C(\Nc1nc(Cl)cc(OC[C@H]2CN(C(=O)OC(C)(C)C)CCN2)c1C(=O)O)NC(C)C. The smallest absolute Gasteiger partial charge is 0.410 e. The monoisotopic (exact) mass is 510 g/mol. The van der Waals surface area contributed by atoms with E-state index in [1.54, 1.807) is 32.6 Å². The molecule has 1 aliphatic rings. The van der Waals surface area contributed by atoms with E-state index in [1.807, 2.05) is 13.8 Å². The number of aromatic carboxylic acids is 1. The summed E-state index contributed by atoms with van der Waals surface area (Å²) in [5.74, 6) is -0.806. The van der Waals surface area contributed by atoms with E-state index in [0.29, 0.717) is 31.0 Å². The lowest BCUT2D eigenvalue weighted by molar-refractivity contribution is 0.0178. The molecule has 0 aromatic carbocycles. The van der Waals surface area contributed by atoms with Crippen LogP contribution in [-0.4, -0.2) is 77.2 Å². The molecule has 1 aliphatic heterocycles. The number of piperazine rings is 1. The highest BCUT2D eigenvalue weighted by atomic mass is 35.5. The first kappa shape index (κ1) is 28.2. The lowest BCUT2D eigenvalue weighted by Gasteiger charge is -2.34. The average molecular weight is 511 g/mol. The Morgan fingerprint density at radius 1 is 1.43 bits per heavy atom. The van der Waals surface area contributed by atoms with Gasteiger partial charge in [0.1, 0.15) is 34.5 Å². The highest BCUT2D eigenvalue weighted by Gasteiger charge is 2.29. The molecule has 0 spiro atoms. The molecule has 1 aromatic rings. The second-order valence-electron chi connectivity index (χ2n) is 9.49. The zero-order chi connectivity index (χ0) is 26.3. The van der Waals surface area contributed by atoms with Crippen LogP contribution >= 0.6 is 11.6 Å². The summed E-state index contributed by atoms with van der Waals surface area (Å²) in [6.45, 7) is 12.4. The number of nitrogens with one attached hydrogen (secondary N) is 4. The Morgan fingerprint density at radius 2 is 2.11 bits per heavy atom. The summed E-state index contributed by atoms with van der Waals surface area (Å²) in [6, 6.07) is 1.10. The number of pyridine rings is 1. The maximum absolute atomic E-state index is 12.4. The minimum atomic E-state index is -1.25. The zero-order valence-corrected chi connectivity index (χ0v) is 21.7. The van der Waals surface area contributed by atoms with Gasteiger partial charge in [0.25, 0.3) is 0 Å². The number of hydrogen-bond acceptors (Lipinski definition) is 9. The second-order valence-corrected chi connectivity index (χ2v) is 9.87. The van der Waals surface area contributed by atoms with Crippen LogP contribution in [0.15, 0.2) is 17.5 Å². The molecule has 0 aliphatic carbocycles. The molecular weight excluding hydrogens is 476 g/mol. The fourth-order valence-electron chi connectivity index (χ4n) is 3.25. The van der Waals surface area contributed by atoms with E-state index < -0.39 is 17.7 Å². The molecule has 35 heavy (non-hydrogen) atoms. The number of allylic oxidation sites excluding steroid dienone is 1. The second kappa shape index (κ2) is 12.1. The standard InChI is InChI=1S/C23H35ClN6O5/c1-13(2)27-19(14(3)10-25)29-20-18(21(31)32)16(9-17(24)28-20)34-12-15-11-30(8-7-26-15)22(33)35-23(4,5)6/h9-10,13,15,25-27H,7-8,11-12H2,1-6H3,(H,28,29)(H,31,32)/b19-14+,25-10?/t15-/m1/s1. The molecule has 1 atom stereocenters. The van der Waals surface area contributed by atoms with Gasteiger partial charge in [-0.05, 0) is 41.5 Å². The van der Waals surface area contributed by atoms with Crippen LogP contribution in [0.4, 0.5) is 10.6 Å². The molecule has 0 saturated carbocycles. The van der Waals surface area contributed by atoms with Gasteiger partial charge in [0, 0.05) is 43.5 Å². The first-order valence-electron chi connectivity index (χ1n) is 11.3. The van der Waals surface area contributed by atoms with Gasteiger partial charge in [0.15, 0.2) is 5.82 Å². The molecule has 194 valence electrons. The summed E-state index contributed by atoms with van der Waals surface area (Å²) in [5, 5.41) is 26.9. The summed E-state index contributed by atoms with van der Waals surface area (Å²) < 4.78 is 11.3. The highest BCUT2D eigenvalue weighted by Crippen LogP contribution is 2.30. The first-order valence-corrected chi connectivity index (χ1v) is 11.7. The van der Waals surface area contributed by atoms with Gasteiger partial charge in [0.2, 0.25) is 0 Å². The van der Waals surface area contributed by atoms with Crippen LogP contribution in [0, 0.1) is 5.41 Å². The van der Waals surface area contributed by atoms with Crippen molar-refractivity contribution in [1.82, 2.24) is 20.5 Å².